The molecule has 0 heterocycles. The van der Waals surface area contributed by atoms with E-state index >= 15 is 0 Å². The van der Waals surface area contributed by atoms with Crippen molar-refractivity contribution in [3.8, 4) is 0 Å². The van der Waals surface area contributed by atoms with E-state index in [1.165, 1.54) is 16.9 Å². The van der Waals surface area contributed by atoms with Crippen molar-refractivity contribution in [1.82, 2.24) is 0 Å². The number of benzene rings is 2. The Hall–Kier alpha value is -2.49. The highest BCUT2D eigenvalue weighted by Crippen LogP contribution is 2.28. The number of hydrogen-bond donors (Lipinski definition) is 1. The fourth-order valence-electron chi connectivity index (χ4n) is 1.61. The fourth-order valence-corrected chi connectivity index (χ4v) is 2.48. The summed E-state index contributed by atoms with van der Waals surface area (Å²) in [6.45, 7) is 0. The van der Waals surface area contributed by atoms with Gasteiger partial charge in [0.2, 0.25) is 5.82 Å². The molecule has 0 atom stereocenters. The van der Waals surface area contributed by atoms with Gasteiger partial charge in [0.15, 0.2) is 23.3 Å². The van der Waals surface area contributed by atoms with Crippen LogP contribution in [0, 0.1) is 34.9 Å². The average molecular weight is 367 g/mol. The van der Waals surface area contributed by atoms with Gasteiger partial charge in [0, 0.05) is 0 Å². The van der Waals surface area contributed by atoms with Crippen LogP contribution in [0.5, 0.6) is 0 Å². The molecule has 0 fully saturated rings. The van der Waals surface area contributed by atoms with Gasteiger partial charge in [-0.15, -0.1) is 0 Å². The van der Waals surface area contributed by atoms with Crippen molar-refractivity contribution in [2.75, 3.05) is 4.72 Å². The minimum Gasteiger partial charge on any atom is -0.274 e. The largest absolute Gasteiger partial charge is 0.274 e. The highest BCUT2D eigenvalue weighted by molar-refractivity contribution is 7.95. The highest BCUT2D eigenvalue weighted by atomic mass is 32.2. The Morgan fingerprint density at radius 3 is 1.71 bits per heavy atom. The van der Waals surface area contributed by atoms with E-state index in [-0.39, 0.29) is 5.56 Å². The molecular weight excluding hydrogens is 360 g/mol. The van der Waals surface area contributed by atoms with Crippen LogP contribution in [0.1, 0.15) is 5.56 Å². The van der Waals surface area contributed by atoms with E-state index in [2.05, 4.69) is 0 Å². The molecule has 0 unspecified atom stereocenters. The summed E-state index contributed by atoms with van der Waals surface area (Å²) in [4.78, 5) is 0. The summed E-state index contributed by atoms with van der Waals surface area (Å²) in [5.74, 6) is -12.2. The number of halogens is 6. The summed E-state index contributed by atoms with van der Waals surface area (Å²) >= 11 is 0. The molecule has 0 amide bonds. The first kappa shape index (κ1) is 17.9. The summed E-state index contributed by atoms with van der Waals surface area (Å²) in [6.07, 6.45) is 0.938. The molecule has 0 saturated heterocycles. The second-order valence-corrected chi connectivity index (χ2v) is 6.01. The van der Waals surface area contributed by atoms with E-state index in [0.29, 0.717) is 5.41 Å². The number of sulfonamides is 1. The topological polar surface area (TPSA) is 46.2 Å². The van der Waals surface area contributed by atoms with Gasteiger partial charge in [0.1, 0.15) is 11.5 Å². The Morgan fingerprint density at radius 1 is 0.750 bits per heavy atom. The van der Waals surface area contributed by atoms with Crippen LogP contribution in [-0.2, 0) is 10.0 Å². The molecular formula is C14H7F6NO2S. The van der Waals surface area contributed by atoms with Gasteiger partial charge in [-0.05, 0) is 23.8 Å². The number of hydrogen-bond acceptors (Lipinski definition) is 2. The molecule has 0 aromatic heterocycles. The third-order valence-electron chi connectivity index (χ3n) is 2.76. The van der Waals surface area contributed by atoms with E-state index in [1.54, 1.807) is 0 Å². The van der Waals surface area contributed by atoms with Gasteiger partial charge in [0.05, 0.1) is 5.41 Å². The van der Waals surface area contributed by atoms with Crippen molar-refractivity contribution >= 4 is 21.8 Å². The van der Waals surface area contributed by atoms with E-state index in [9.17, 15) is 34.8 Å². The van der Waals surface area contributed by atoms with Gasteiger partial charge in [-0.25, -0.2) is 34.8 Å². The van der Waals surface area contributed by atoms with Crippen molar-refractivity contribution in [2.45, 2.75) is 0 Å². The van der Waals surface area contributed by atoms with Gasteiger partial charge in [0.25, 0.3) is 10.0 Å². The van der Waals surface area contributed by atoms with Crippen molar-refractivity contribution in [3.05, 3.63) is 70.1 Å². The maximum atomic E-state index is 13.4. The van der Waals surface area contributed by atoms with Gasteiger partial charge < -0.3 is 0 Å². The second-order valence-electron chi connectivity index (χ2n) is 4.45. The molecule has 1 N–H and O–H groups in total. The zero-order valence-corrected chi connectivity index (χ0v) is 12.3. The molecule has 0 saturated carbocycles. The monoisotopic (exact) mass is 367 g/mol. The summed E-state index contributed by atoms with van der Waals surface area (Å²) in [5, 5.41) is 0.429. The highest BCUT2D eigenvalue weighted by Gasteiger charge is 2.27. The van der Waals surface area contributed by atoms with E-state index in [1.807, 2.05) is 0 Å². The van der Waals surface area contributed by atoms with E-state index in [4.69, 9.17) is 0 Å². The molecule has 10 heteroatoms. The Balaban J connectivity index is 2.35. The summed E-state index contributed by atoms with van der Waals surface area (Å²) < 4.78 is 103. The summed E-state index contributed by atoms with van der Waals surface area (Å²) in [6, 6.07) is 4.48. The van der Waals surface area contributed by atoms with Gasteiger partial charge in [-0.1, -0.05) is 12.1 Å². The zero-order chi connectivity index (χ0) is 18.1. The van der Waals surface area contributed by atoms with Crippen LogP contribution in [0.25, 0.3) is 6.08 Å². The maximum Gasteiger partial charge on any atom is 0.255 e. The zero-order valence-electron chi connectivity index (χ0n) is 11.5. The van der Waals surface area contributed by atoms with Crippen molar-refractivity contribution in [1.29, 1.82) is 0 Å². The van der Waals surface area contributed by atoms with Crippen molar-refractivity contribution < 1.29 is 34.8 Å². The van der Waals surface area contributed by atoms with Crippen LogP contribution in [0.15, 0.2) is 29.7 Å². The smallest absolute Gasteiger partial charge is 0.255 e. The lowest BCUT2D eigenvalue weighted by molar-refractivity contribution is 0.382. The first-order valence-electron chi connectivity index (χ1n) is 6.10. The van der Waals surface area contributed by atoms with Crippen LogP contribution in [0.3, 0.4) is 0 Å². The molecule has 24 heavy (non-hydrogen) atoms. The molecule has 2 aromatic rings. The van der Waals surface area contributed by atoms with E-state index in [0.717, 1.165) is 18.2 Å². The Morgan fingerprint density at radius 2 is 1.21 bits per heavy atom. The standard InChI is InChI=1S/C14H7F6NO2S/c15-8-3-1-7(2-4-8)5-6-24(22,23)21-14-12(19)10(17)9(16)11(18)13(14)20/h1-6,21H. The lowest BCUT2D eigenvalue weighted by atomic mass is 10.2. The van der Waals surface area contributed by atoms with Gasteiger partial charge in [-0.3, -0.25) is 4.72 Å². The summed E-state index contributed by atoms with van der Waals surface area (Å²) in [5.41, 5.74) is -1.48. The van der Waals surface area contributed by atoms with Crippen LogP contribution >= 0.6 is 0 Å². The predicted molar refractivity (Wildman–Crippen MR) is 74.2 cm³/mol. The molecule has 2 aromatic carbocycles. The first-order chi connectivity index (χ1) is 11.1. The molecule has 0 bridgehead atoms. The minimum absolute atomic E-state index is 0.221. The van der Waals surface area contributed by atoms with Crippen LogP contribution in [0.2, 0.25) is 0 Å². The lowest BCUT2D eigenvalue weighted by Crippen LogP contribution is -2.15. The minimum atomic E-state index is -4.59. The second kappa shape index (κ2) is 6.56. The van der Waals surface area contributed by atoms with Crippen LogP contribution < -0.4 is 4.72 Å². The predicted octanol–water partition coefficient (Wildman–Crippen LogP) is 3.93. The molecule has 0 aliphatic heterocycles. The van der Waals surface area contributed by atoms with Gasteiger partial charge >= 0.3 is 0 Å². The molecule has 2 rings (SSSR count). The van der Waals surface area contributed by atoms with E-state index < -0.39 is 50.6 Å². The average Bonchev–Trinajstić information content (AvgIpc) is 2.55. The molecule has 3 nitrogen and oxygen atoms in total. The number of anilines is 1. The Labute approximate surface area is 132 Å². The molecule has 0 radical (unpaired) electrons. The number of nitrogens with one attached hydrogen (secondary N) is 1. The van der Waals surface area contributed by atoms with Crippen molar-refractivity contribution in [3.63, 3.8) is 0 Å². The molecule has 0 spiro atoms. The number of rotatable bonds is 4. The fraction of sp³-hybridized carbons (Fsp3) is 0. The molecule has 128 valence electrons. The maximum absolute atomic E-state index is 13.4. The molecule has 0 aliphatic carbocycles. The third kappa shape index (κ3) is 3.70. The Bertz CT molecular complexity index is 881. The van der Waals surface area contributed by atoms with Gasteiger partial charge in [-0.2, -0.15) is 0 Å². The normalized spacial score (nSPS) is 11.9. The molecule has 0 aliphatic rings. The quantitative estimate of drug-likeness (QED) is 0.506. The SMILES string of the molecule is O=S(=O)(C=Cc1ccc(F)cc1)Nc1c(F)c(F)c(F)c(F)c1F. The Kier molecular flexibility index (Phi) is 4.88. The third-order valence-corrected chi connectivity index (χ3v) is 3.75. The first-order valence-corrected chi connectivity index (χ1v) is 7.65. The summed E-state index contributed by atoms with van der Waals surface area (Å²) in [7, 11) is -4.59. The van der Waals surface area contributed by atoms with Crippen LogP contribution in [-0.4, -0.2) is 8.42 Å². The van der Waals surface area contributed by atoms with Crippen molar-refractivity contribution in [2.24, 2.45) is 0 Å². The lowest BCUT2D eigenvalue weighted by Gasteiger charge is -2.09. The van der Waals surface area contributed by atoms with Crippen LogP contribution in [0.4, 0.5) is 32.0 Å².